The highest BCUT2D eigenvalue weighted by Gasteiger charge is 2.31. The van der Waals surface area contributed by atoms with Crippen LogP contribution in [0.5, 0.6) is 0 Å². The van der Waals surface area contributed by atoms with Crippen LogP contribution >= 0.6 is 11.3 Å². The van der Waals surface area contributed by atoms with Crippen molar-refractivity contribution in [2.24, 2.45) is 5.73 Å². The number of hydrogen-bond donors (Lipinski definition) is 1. The molecule has 0 radical (unpaired) electrons. The van der Waals surface area contributed by atoms with Crippen molar-refractivity contribution in [2.45, 2.75) is 50.2 Å². The minimum Gasteiger partial charge on any atom is -0.339 e. The Morgan fingerprint density at radius 2 is 2.09 bits per heavy atom. The molecule has 1 fully saturated rings. The molecule has 3 rings (SSSR count). The fraction of sp³-hybridized carbons (Fsp3) is 0.615. The van der Waals surface area contributed by atoms with Gasteiger partial charge in [-0.1, -0.05) is 5.16 Å². The maximum Gasteiger partial charge on any atom is 0.389 e. The molecule has 2 aromatic heterocycles. The van der Waals surface area contributed by atoms with Gasteiger partial charge in [-0.25, -0.2) is 4.98 Å². The average molecular weight is 332 g/mol. The molecule has 22 heavy (non-hydrogen) atoms. The second-order valence-electron chi connectivity index (χ2n) is 5.50. The summed E-state index contributed by atoms with van der Waals surface area (Å²) in [5.74, 6) is 1.35. The Balaban J connectivity index is 1.56. The minimum absolute atomic E-state index is 0.0940. The van der Waals surface area contributed by atoms with Gasteiger partial charge in [0.25, 0.3) is 0 Å². The van der Waals surface area contributed by atoms with Gasteiger partial charge in [-0.3, -0.25) is 0 Å². The van der Waals surface area contributed by atoms with Crippen LogP contribution in [-0.4, -0.2) is 27.3 Å². The maximum absolute atomic E-state index is 12.2. The number of halogens is 3. The van der Waals surface area contributed by atoms with Crippen LogP contribution in [0.25, 0.3) is 0 Å². The first kappa shape index (κ1) is 15.4. The average Bonchev–Trinajstić information content (AvgIpc) is 3.02. The van der Waals surface area contributed by atoms with Crippen molar-refractivity contribution in [1.82, 2.24) is 15.1 Å². The first-order valence-corrected chi connectivity index (χ1v) is 7.85. The molecular weight excluding hydrogens is 317 g/mol. The second-order valence-corrected chi connectivity index (χ2v) is 6.44. The lowest BCUT2D eigenvalue weighted by atomic mass is 9.80. The van der Waals surface area contributed by atoms with Gasteiger partial charge >= 0.3 is 6.18 Å². The number of aryl methyl sites for hydroxylation is 1. The third kappa shape index (κ3) is 3.83. The van der Waals surface area contributed by atoms with Gasteiger partial charge < -0.3 is 10.3 Å². The second kappa shape index (κ2) is 5.96. The van der Waals surface area contributed by atoms with E-state index in [1.165, 1.54) is 11.3 Å². The molecule has 2 N–H and O–H groups in total. The molecule has 0 aromatic carbocycles. The molecule has 0 unspecified atom stereocenters. The van der Waals surface area contributed by atoms with Crippen molar-refractivity contribution < 1.29 is 17.7 Å². The Morgan fingerprint density at radius 1 is 1.32 bits per heavy atom. The molecule has 9 heteroatoms. The summed E-state index contributed by atoms with van der Waals surface area (Å²) < 4.78 is 41.7. The van der Waals surface area contributed by atoms with E-state index < -0.39 is 12.6 Å². The normalized spacial score (nSPS) is 21.8. The van der Waals surface area contributed by atoms with Crippen LogP contribution < -0.4 is 5.73 Å². The smallest absolute Gasteiger partial charge is 0.339 e. The molecule has 2 heterocycles. The van der Waals surface area contributed by atoms with Crippen LogP contribution in [0.4, 0.5) is 13.2 Å². The fourth-order valence-electron chi connectivity index (χ4n) is 2.33. The van der Waals surface area contributed by atoms with Crippen molar-refractivity contribution in [1.29, 1.82) is 0 Å². The van der Waals surface area contributed by atoms with E-state index >= 15 is 0 Å². The van der Waals surface area contributed by atoms with E-state index in [0.717, 1.165) is 12.8 Å². The zero-order chi connectivity index (χ0) is 15.7. The van der Waals surface area contributed by atoms with Gasteiger partial charge in [0, 0.05) is 30.2 Å². The molecule has 1 aliphatic carbocycles. The SMILES string of the molecule is NC1CC(c2noc(Cc3csc(CCC(F)(F)F)n3)n2)C1. The Morgan fingerprint density at radius 3 is 2.77 bits per heavy atom. The van der Waals surface area contributed by atoms with Crippen molar-refractivity contribution in [2.75, 3.05) is 0 Å². The van der Waals surface area contributed by atoms with Gasteiger partial charge in [0.1, 0.15) is 0 Å². The van der Waals surface area contributed by atoms with Crippen LogP contribution in [0.3, 0.4) is 0 Å². The predicted octanol–water partition coefficient (Wildman–Crippen LogP) is 2.82. The zero-order valence-electron chi connectivity index (χ0n) is 11.6. The van der Waals surface area contributed by atoms with Gasteiger partial charge in [-0.15, -0.1) is 11.3 Å². The quantitative estimate of drug-likeness (QED) is 0.911. The van der Waals surface area contributed by atoms with E-state index in [1.54, 1.807) is 5.38 Å². The Labute approximate surface area is 128 Å². The van der Waals surface area contributed by atoms with Crippen molar-refractivity contribution in [3.05, 3.63) is 27.8 Å². The maximum atomic E-state index is 12.2. The lowest BCUT2D eigenvalue weighted by Crippen LogP contribution is -2.35. The van der Waals surface area contributed by atoms with Crippen LogP contribution in [0.2, 0.25) is 0 Å². The summed E-state index contributed by atoms with van der Waals surface area (Å²) in [6.07, 6.45) is -3.05. The monoisotopic (exact) mass is 332 g/mol. The third-order valence-electron chi connectivity index (χ3n) is 3.58. The van der Waals surface area contributed by atoms with Crippen molar-refractivity contribution in [3.8, 4) is 0 Å². The summed E-state index contributed by atoms with van der Waals surface area (Å²) in [5.41, 5.74) is 6.38. The molecule has 1 saturated carbocycles. The van der Waals surface area contributed by atoms with E-state index in [-0.39, 0.29) is 18.4 Å². The van der Waals surface area contributed by atoms with Crippen molar-refractivity contribution >= 4 is 11.3 Å². The summed E-state index contributed by atoms with van der Waals surface area (Å²) in [5, 5.41) is 6.13. The molecule has 5 nitrogen and oxygen atoms in total. The molecule has 0 bridgehead atoms. The molecule has 0 amide bonds. The molecule has 0 atom stereocenters. The number of nitrogens with zero attached hydrogens (tertiary/aromatic N) is 3. The molecule has 1 aliphatic rings. The van der Waals surface area contributed by atoms with Crippen LogP contribution in [0.1, 0.15) is 47.6 Å². The molecule has 0 spiro atoms. The number of hydrogen-bond acceptors (Lipinski definition) is 6. The summed E-state index contributed by atoms with van der Waals surface area (Å²) in [6, 6.07) is 0.210. The largest absolute Gasteiger partial charge is 0.389 e. The van der Waals surface area contributed by atoms with E-state index in [0.29, 0.717) is 28.8 Å². The lowest BCUT2D eigenvalue weighted by molar-refractivity contribution is -0.134. The predicted molar refractivity (Wildman–Crippen MR) is 73.5 cm³/mol. The zero-order valence-corrected chi connectivity index (χ0v) is 12.5. The molecule has 0 saturated heterocycles. The van der Waals surface area contributed by atoms with E-state index in [9.17, 15) is 13.2 Å². The summed E-state index contributed by atoms with van der Waals surface area (Å²) in [6.45, 7) is 0. The Kier molecular flexibility index (Phi) is 4.18. The first-order valence-electron chi connectivity index (χ1n) is 6.97. The van der Waals surface area contributed by atoms with E-state index in [2.05, 4.69) is 15.1 Å². The highest BCUT2D eigenvalue weighted by atomic mass is 32.1. The lowest BCUT2D eigenvalue weighted by Gasteiger charge is -2.29. The number of rotatable bonds is 5. The van der Waals surface area contributed by atoms with Crippen LogP contribution in [0, 0.1) is 0 Å². The number of aromatic nitrogens is 3. The van der Waals surface area contributed by atoms with E-state index in [4.69, 9.17) is 10.3 Å². The van der Waals surface area contributed by atoms with Crippen LogP contribution in [0.15, 0.2) is 9.90 Å². The van der Waals surface area contributed by atoms with Crippen LogP contribution in [-0.2, 0) is 12.8 Å². The number of alkyl halides is 3. The molecule has 120 valence electrons. The molecule has 2 aromatic rings. The fourth-order valence-corrected chi connectivity index (χ4v) is 3.12. The Hall–Kier alpha value is -1.48. The topological polar surface area (TPSA) is 77.8 Å². The van der Waals surface area contributed by atoms with Gasteiger partial charge in [0.05, 0.1) is 17.1 Å². The number of thiazole rings is 1. The summed E-state index contributed by atoms with van der Waals surface area (Å²) in [4.78, 5) is 8.49. The summed E-state index contributed by atoms with van der Waals surface area (Å²) >= 11 is 1.22. The highest BCUT2D eigenvalue weighted by Crippen LogP contribution is 2.33. The standard InChI is InChI=1S/C13H15F3N4OS/c14-13(15,16)2-1-11-18-9(6-22-11)5-10-19-12(20-21-10)7-3-8(17)4-7/h6-8H,1-5,17H2. The van der Waals surface area contributed by atoms with Gasteiger partial charge in [0.15, 0.2) is 5.82 Å². The van der Waals surface area contributed by atoms with E-state index in [1.807, 2.05) is 0 Å². The minimum atomic E-state index is -4.16. The van der Waals surface area contributed by atoms with Gasteiger partial charge in [-0.2, -0.15) is 18.2 Å². The van der Waals surface area contributed by atoms with Crippen molar-refractivity contribution in [3.63, 3.8) is 0 Å². The molecular formula is C13H15F3N4OS. The molecule has 0 aliphatic heterocycles. The summed E-state index contributed by atoms with van der Waals surface area (Å²) in [7, 11) is 0. The van der Waals surface area contributed by atoms with Gasteiger partial charge in [-0.05, 0) is 12.8 Å². The Bertz CT molecular complexity index is 633. The third-order valence-corrected chi connectivity index (χ3v) is 4.53. The highest BCUT2D eigenvalue weighted by molar-refractivity contribution is 7.09. The van der Waals surface area contributed by atoms with Gasteiger partial charge in [0.2, 0.25) is 5.89 Å². The first-order chi connectivity index (χ1) is 10.4. The number of nitrogens with two attached hydrogens (primary N) is 1.